The number of hydrogen-bond donors (Lipinski definition) is 2. The number of aliphatic imine (C=N–C) groups is 1. The molecule has 1 fully saturated rings. The van der Waals surface area contributed by atoms with E-state index < -0.39 is 0 Å². The van der Waals surface area contributed by atoms with Crippen molar-refractivity contribution in [2.45, 2.75) is 31.9 Å². The molecule has 2 N–H and O–H groups in total. The van der Waals surface area contributed by atoms with Crippen molar-refractivity contribution in [3.8, 4) is 0 Å². The van der Waals surface area contributed by atoms with Crippen LogP contribution in [0.3, 0.4) is 0 Å². The molecule has 1 atom stereocenters. The van der Waals surface area contributed by atoms with E-state index in [2.05, 4.69) is 22.5 Å². The number of nitrogens with one attached hydrogen (secondary N) is 2. The van der Waals surface area contributed by atoms with E-state index in [1.54, 1.807) is 13.3 Å². The van der Waals surface area contributed by atoms with Crippen LogP contribution in [0.5, 0.6) is 0 Å². The van der Waals surface area contributed by atoms with Crippen LogP contribution in [0.2, 0.25) is 0 Å². The van der Waals surface area contributed by atoms with E-state index in [4.69, 9.17) is 9.15 Å². The van der Waals surface area contributed by atoms with Crippen molar-refractivity contribution in [2.24, 2.45) is 4.99 Å². The number of hydrogen-bond acceptors (Lipinski definition) is 3. The first kappa shape index (κ1) is 13.0. The molecule has 1 aliphatic heterocycles. The third-order valence-electron chi connectivity index (χ3n) is 3.16. The summed E-state index contributed by atoms with van der Waals surface area (Å²) in [4.78, 5) is 4.18. The summed E-state index contributed by atoms with van der Waals surface area (Å²) in [5.74, 6) is 1.66. The van der Waals surface area contributed by atoms with E-state index in [-0.39, 0.29) is 5.60 Å². The van der Waals surface area contributed by atoms with Gasteiger partial charge in [0, 0.05) is 20.2 Å². The zero-order chi connectivity index (χ0) is 12.8. The first-order valence-electron chi connectivity index (χ1n) is 6.33. The Hall–Kier alpha value is -1.49. The molecule has 1 aliphatic rings. The lowest BCUT2D eigenvalue weighted by Crippen LogP contribution is -2.45. The Bertz CT molecular complexity index is 381. The van der Waals surface area contributed by atoms with E-state index in [9.17, 15) is 0 Å². The molecule has 5 heteroatoms. The summed E-state index contributed by atoms with van der Waals surface area (Å²) in [6, 6.07) is 3.81. The van der Waals surface area contributed by atoms with Crippen LogP contribution in [-0.2, 0) is 11.3 Å². The largest absolute Gasteiger partial charge is 0.467 e. The molecule has 2 rings (SSSR count). The number of guanidine groups is 1. The second-order valence-corrected chi connectivity index (χ2v) is 4.76. The zero-order valence-corrected chi connectivity index (χ0v) is 11.0. The minimum absolute atomic E-state index is 0.0672. The van der Waals surface area contributed by atoms with E-state index in [1.165, 1.54) is 0 Å². The van der Waals surface area contributed by atoms with Crippen molar-refractivity contribution in [1.29, 1.82) is 0 Å². The summed E-state index contributed by atoms with van der Waals surface area (Å²) in [5.41, 5.74) is -0.0672. The van der Waals surface area contributed by atoms with E-state index >= 15 is 0 Å². The lowest BCUT2D eigenvalue weighted by atomic mass is 10.0. The van der Waals surface area contributed by atoms with Gasteiger partial charge in [0.25, 0.3) is 0 Å². The van der Waals surface area contributed by atoms with E-state index in [1.807, 2.05) is 12.1 Å². The fourth-order valence-electron chi connectivity index (χ4n) is 2.05. The van der Waals surface area contributed by atoms with Gasteiger partial charge in [0.05, 0.1) is 18.4 Å². The van der Waals surface area contributed by atoms with Crippen LogP contribution < -0.4 is 10.6 Å². The first-order valence-corrected chi connectivity index (χ1v) is 6.33. The van der Waals surface area contributed by atoms with Gasteiger partial charge in [-0.3, -0.25) is 4.99 Å². The maximum Gasteiger partial charge on any atom is 0.191 e. The van der Waals surface area contributed by atoms with Crippen LogP contribution in [0, 0.1) is 0 Å². The highest BCUT2D eigenvalue weighted by Crippen LogP contribution is 2.23. The molecule has 1 unspecified atom stereocenters. The predicted octanol–water partition coefficient (Wildman–Crippen LogP) is 1.51. The van der Waals surface area contributed by atoms with Gasteiger partial charge in [0.15, 0.2) is 5.96 Å². The predicted molar refractivity (Wildman–Crippen MR) is 70.5 cm³/mol. The lowest BCUT2D eigenvalue weighted by Gasteiger charge is -2.24. The first-order chi connectivity index (χ1) is 8.72. The molecular weight excluding hydrogens is 230 g/mol. The molecule has 1 saturated heterocycles. The molecule has 0 bridgehead atoms. The molecule has 0 radical (unpaired) electrons. The Morgan fingerprint density at radius 3 is 3.00 bits per heavy atom. The SMILES string of the molecule is CN=C(NCc1ccco1)NCC1(C)CCCO1. The Labute approximate surface area is 108 Å². The summed E-state index contributed by atoms with van der Waals surface area (Å²) < 4.78 is 11.0. The van der Waals surface area contributed by atoms with Crippen LogP contribution >= 0.6 is 0 Å². The van der Waals surface area contributed by atoms with Crippen molar-refractivity contribution in [3.63, 3.8) is 0 Å². The van der Waals surface area contributed by atoms with Gasteiger partial charge in [-0.25, -0.2) is 0 Å². The highest BCUT2D eigenvalue weighted by molar-refractivity contribution is 5.79. The average molecular weight is 251 g/mol. The van der Waals surface area contributed by atoms with Gasteiger partial charge >= 0.3 is 0 Å². The maximum atomic E-state index is 5.72. The van der Waals surface area contributed by atoms with Crippen molar-refractivity contribution in [2.75, 3.05) is 20.2 Å². The fraction of sp³-hybridized carbons (Fsp3) is 0.615. The molecule has 1 aromatic heterocycles. The van der Waals surface area contributed by atoms with Crippen molar-refractivity contribution in [1.82, 2.24) is 10.6 Å². The third kappa shape index (κ3) is 3.50. The van der Waals surface area contributed by atoms with E-state index in [0.29, 0.717) is 6.54 Å². The summed E-state index contributed by atoms with van der Waals surface area (Å²) >= 11 is 0. The molecular formula is C13H21N3O2. The van der Waals surface area contributed by atoms with Gasteiger partial charge in [-0.15, -0.1) is 0 Å². The van der Waals surface area contributed by atoms with E-state index in [0.717, 1.165) is 37.7 Å². The number of furan rings is 1. The second kappa shape index (κ2) is 5.91. The summed E-state index contributed by atoms with van der Waals surface area (Å²) in [5, 5.41) is 6.49. The quantitative estimate of drug-likeness (QED) is 0.629. The molecule has 100 valence electrons. The molecule has 1 aromatic rings. The highest BCUT2D eigenvalue weighted by Gasteiger charge is 2.29. The molecule has 0 saturated carbocycles. The lowest BCUT2D eigenvalue weighted by molar-refractivity contribution is 0.0243. The average Bonchev–Trinajstić information content (AvgIpc) is 3.01. The van der Waals surface area contributed by atoms with Crippen LogP contribution in [0.4, 0.5) is 0 Å². The van der Waals surface area contributed by atoms with Gasteiger partial charge in [-0.05, 0) is 31.9 Å². The highest BCUT2D eigenvalue weighted by atomic mass is 16.5. The van der Waals surface area contributed by atoms with Crippen molar-refractivity contribution in [3.05, 3.63) is 24.2 Å². The van der Waals surface area contributed by atoms with Gasteiger partial charge in [-0.1, -0.05) is 0 Å². The summed E-state index contributed by atoms with van der Waals surface area (Å²) in [6.45, 7) is 4.39. The Morgan fingerprint density at radius 2 is 2.39 bits per heavy atom. The Morgan fingerprint density at radius 1 is 1.50 bits per heavy atom. The minimum atomic E-state index is -0.0672. The van der Waals surface area contributed by atoms with Gasteiger partial charge in [0.2, 0.25) is 0 Å². The molecule has 2 heterocycles. The number of ether oxygens (including phenoxy) is 1. The van der Waals surface area contributed by atoms with Crippen LogP contribution in [-0.4, -0.2) is 31.8 Å². The van der Waals surface area contributed by atoms with Gasteiger partial charge in [-0.2, -0.15) is 0 Å². The second-order valence-electron chi connectivity index (χ2n) is 4.76. The molecule has 0 aliphatic carbocycles. The normalized spacial score (nSPS) is 24.2. The molecule has 0 amide bonds. The van der Waals surface area contributed by atoms with Crippen molar-refractivity contribution < 1.29 is 9.15 Å². The molecule has 18 heavy (non-hydrogen) atoms. The Kier molecular flexibility index (Phi) is 4.25. The standard InChI is InChI=1S/C13H21N3O2/c1-13(6-4-8-18-13)10-16-12(14-2)15-9-11-5-3-7-17-11/h3,5,7H,4,6,8-10H2,1-2H3,(H2,14,15,16). The van der Waals surface area contributed by atoms with Crippen LogP contribution in [0.25, 0.3) is 0 Å². The monoisotopic (exact) mass is 251 g/mol. The maximum absolute atomic E-state index is 5.72. The van der Waals surface area contributed by atoms with Gasteiger partial charge < -0.3 is 19.8 Å². The minimum Gasteiger partial charge on any atom is -0.467 e. The number of rotatable bonds is 4. The topological polar surface area (TPSA) is 58.8 Å². The fourth-order valence-corrected chi connectivity index (χ4v) is 2.05. The van der Waals surface area contributed by atoms with Gasteiger partial charge in [0.1, 0.15) is 5.76 Å². The molecule has 5 nitrogen and oxygen atoms in total. The molecule has 0 spiro atoms. The summed E-state index contributed by atoms with van der Waals surface area (Å²) in [7, 11) is 1.76. The third-order valence-corrected chi connectivity index (χ3v) is 3.16. The smallest absolute Gasteiger partial charge is 0.191 e. The zero-order valence-electron chi connectivity index (χ0n) is 11.0. The van der Waals surface area contributed by atoms with Crippen LogP contribution in [0.1, 0.15) is 25.5 Å². The van der Waals surface area contributed by atoms with Crippen molar-refractivity contribution >= 4 is 5.96 Å². The Balaban J connectivity index is 1.75. The summed E-state index contributed by atoms with van der Waals surface area (Å²) in [6.07, 6.45) is 3.90. The van der Waals surface area contributed by atoms with Crippen LogP contribution in [0.15, 0.2) is 27.8 Å². The number of nitrogens with zero attached hydrogens (tertiary/aromatic N) is 1. The molecule has 0 aromatic carbocycles.